The number of hydrogen-bond donors (Lipinski definition) is 1. The molecule has 8 heteroatoms. The maximum Gasteiger partial charge on any atom is 0.416 e. The standard InChI is InChI=1S/C23H14Cl2F3NO2/c24-16-5-1-13(2-6-16)12-31-21-8-3-14(10-19(21)25)9-18-17-7-4-15(23(26,27)28)11-20(17)29-22(18)30/h1-11H,12H2,(H,29,30)/b18-9-. The fourth-order valence-electron chi connectivity index (χ4n) is 3.15. The van der Waals surface area contributed by atoms with Crippen molar-refractivity contribution in [3.05, 3.63) is 93.0 Å². The zero-order valence-electron chi connectivity index (χ0n) is 15.8. The van der Waals surface area contributed by atoms with Crippen LogP contribution in [-0.4, -0.2) is 5.91 Å². The van der Waals surface area contributed by atoms with Crippen LogP contribution >= 0.6 is 23.2 Å². The summed E-state index contributed by atoms with van der Waals surface area (Å²) in [5, 5.41) is 3.45. The minimum Gasteiger partial charge on any atom is -0.487 e. The minimum absolute atomic E-state index is 0.125. The number of halogens is 5. The van der Waals surface area contributed by atoms with Gasteiger partial charge < -0.3 is 10.1 Å². The highest BCUT2D eigenvalue weighted by Crippen LogP contribution is 2.38. The minimum atomic E-state index is -4.48. The van der Waals surface area contributed by atoms with E-state index in [1.54, 1.807) is 36.4 Å². The Morgan fingerprint density at radius 2 is 1.71 bits per heavy atom. The lowest BCUT2D eigenvalue weighted by Gasteiger charge is -2.09. The van der Waals surface area contributed by atoms with Crippen molar-refractivity contribution in [3.63, 3.8) is 0 Å². The Kier molecular flexibility index (Phi) is 5.69. The summed E-state index contributed by atoms with van der Waals surface area (Å²) in [7, 11) is 0. The molecule has 0 bridgehead atoms. The Balaban J connectivity index is 1.55. The molecule has 1 heterocycles. The van der Waals surface area contributed by atoms with Gasteiger partial charge in [-0.15, -0.1) is 0 Å². The normalized spacial score (nSPS) is 14.5. The Morgan fingerprint density at radius 1 is 0.968 bits per heavy atom. The van der Waals surface area contributed by atoms with Crippen molar-refractivity contribution in [3.8, 4) is 5.75 Å². The lowest BCUT2D eigenvalue weighted by Crippen LogP contribution is -2.06. The summed E-state index contributed by atoms with van der Waals surface area (Å²) in [4.78, 5) is 12.3. The summed E-state index contributed by atoms with van der Waals surface area (Å²) in [6, 6.07) is 15.4. The molecular weight excluding hydrogens is 450 g/mol. The molecule has 4 rings (SSSR count). The summed E-state index contributed by atoms with van der Waals surface area (Å²) < 4.78 is 44.5. The molecule has 0 saturated heterocycles. The number of anilines is 1. The maximum atomic E-state index is 12.9. The van der Waals surface area contributed by atoms with Gasteiger partial charge in [0.2, 0.25) is 0 Å². The first-order valence-electron chi connectivity index (χ1n) is 9.12. The molecule has 0 radical (unpaired) electrons. The second kappa shape index (κ2) is 8.29. The van der Waals surface area contributed by atoms with Crippen molar-refractivity contribution < 1.29 is 22.7 Å². The van der Waals surface area contributed by atoms with Crippen molar-refractivity contribution in [2.45, 2.75) is 12.8 Å². The van der Waals surface area contributed by atoms with E-state index in [4.69, 9.17) is 27.9 Å². The molecule has 1 amide bonds. The first kappa shape index (κ1) is 21.3. The number of carbonyl (C=O) groups is 1. The average Bonchev–Trinajstić information content (AvgIpc) is 3.02. The highest BCUT2D eigenvalue weighted by molar-refractivity contribution is 6.35. The van der Waals surface area contributed by atoms with E-state index in [-0.39, 0.29) is 11.3 Å². The fourth-order valence-corrected chi connectivity index (χ4v) is 3.52. The number of hydrogen-bond acceptors (Lipinski definition) is 2. The second-order valence-electron chi connectivity index (χ2n) is 6.88. The molecule has 3 aromatic carbocycles. The molecule has 0 fully saturated rings. The summed E-state index contributed by atoms with van der Waals surface area (Å²) in [5.41, 5.74) is 1.50. The second-order valence-corrected chi connectivity index (χ2v) is 7.72. The molecule has 0 atom stereocenters. The van der Waals surface area contributed by atoms with Gasteiger partial charge in [-0.1, -0.05) is 47.5 Å². The Bertz CT molecular complexity index is 1190. The van der Waals surface area contributed by atoms with E-state index in [1.807, 2.05) is 12.1 Å². The number of ether oxygens (including phenoxy) is 1. The molecule has 158 valence electrons. The Labute approximate surface area is 186 Å². The van der Waals surface area contributed by atoms with Crippen LogP contribution in [0.15, 0.2) is 60.7 Å². The molecule has 0 unspecified atom stereocenters. The number of carbonyl (C=O) groups excluding carboxylic acids is 1. The molecular formula is C23H14Cl2F3NO2. The maximum absolute atomic E-state index is 12.9. The van der Waals surface area contributed by atoms with Gasteiger partial charge in [0.05, 0.1) is 10.6 Å². The van der Waals surface area contributed by atoms with Gasteiger partial charge in [-0.3, -0.25) is 4.79 Å². The van der Waals surface area contributed by atoms with Crippen LogP contribution in [0.1, 0.15) is 22.3 Å². The van der Waals surface area contributed by atoms with Crippen LogP contribution in [0.2, 0.25) is 10.0 Å². The number of nitrogens with one attached hydrogen (secondary N) is 1. The van der Waals surface area contributed by atoms with Gasteiger partial charge in [0, 0.05) is 21.8 Å². The fraction of sp³-hybridized carbons (Fsp3) is 0.0870. The van der Waals surface area contributed by atoms with E-state index < -0.39 is 17.6 Å². The van der Waals surface area contributed by atoms with E-state index in [0.717, 1.165) is 17.7 Å². The third-order valence-corrected chi connectivity index (χ3v) is 5.25. The van der Waals surface area contributed by atoms with Gasteiger partial charge in [-0.2, -0.15) is 13.2 Å². The van der Waals surface area contributed by atoms with Crippen molar-refractivity contribution in [1.82, 2.24) is 0 Å². The molecule has 31 heavy (non-hydrogen) atoms. The van der Waals surface area contributed by atoms with Gasteiger partial charge in [0.15, 0.2) is 0 Å². The molecule has 3 nitrogen and oxygen atoms in total. The molecule has 1 N–H and O–H groups in total. The van der Waals surface area contributed by atoms with E-state index in [2.05, 4.69) is 5.32 Å². The number of benzene rings is 3. The molecule has 0 aromatic heterocycles. The smallest absolute Gasteiger partial charge is 0.416 e. The summed E-state index contributed by atoms with van der Waals surface area (Å²) in [6.07, 6.45) is -2.91. The van der Waals surface area contributed by atoms with E-state index >= 15 is 0 Å². The molecule has 3 aromatic rings. The van der Waals surface area contributed by atoms with Crippen LogP contribution in [0.4, 0.5) is 18.9 Å². The third-order valence-electron chi connectivity index (χ3n) is 4.70. The summed E-state index contributed by atoms with van der Waals surface area (Å²) in [5.74, 6) is -0.0154. The van der Waals surface area contributed by atoms with Gasteiger partial charge in [-0.25, -0.2) is 0 Å². The van der Waals surface area contributed by atoms with E-state index in [0.29, 0.717) is 33.5 Å². The first-order chi connectivity index (χ1) is 14.7. The first-order valence-corrected chi connectivity index (χ1v) is 9.88. The van der Waals surface area contributed by atoms with Gasteiger partial charge in [0.25, 0.3) is 5.91 Å². The van der Waals surface area contributed by atoms with Crippen LogP contribution in [0.3, 0.4) is 0 Å². The van der Waals surface area contributed by atoms with Crippen molar-refractivity contribution in [1.29, 1.82) is 0 Å². The SMILES string of the molecule is O=C1Nc2cc(C(F)(F)F)ccc2/C1=C/c1ccc(OCc2ccc(Cl)cc2)c(Cl)c1. The van der Waals surface area contributed by atoms with Crippen molar-refractivity contribution >= 4 is 46.4 Å². The number of amides is 1. The van der Waals surface area contributed by atoms with Crippen molar-refractivity contribution in [2.24, 2.45) is 0 Å². The number of fused-ring (bicyclic) bond motifs is 1. The zero-order chi connectivity index (χ0) is 22.2. The van der Waals surface area contributed by atoms with Crippen molar-refractivity contribution in [2.75, 3.05) is 5.32 Å². The number of rotatable bonds is 4. The van der Waals surface area contributed by atoms with Gasteiger partial charge >= 0.3 is 6.18 Å². The topological polar surface area (TPSA) is 38.3 Å². The van der Waals surface area contributed by atoms with E-state index in [1.165, 1.54) is 6.07 Å². The Morgan fingerprint density at radius 3 is 2.39 bits per heavy atom. The molecule has 1 aliphatic rings. The molecule has 0 spiro atoms. The zero-order valence-corrected chi connectivity index (χ0v) is 17.3. The van der Waals surface area contributed by atoms with Crippen LogP contribution in [0, 0.1) is 0 Å². The van der Waals surface area contributed by atoms with Crippen LogP contribution in [-0.2, 0) is 17.6 Å². The molecule has 0 saturated carbocycles. The third kappa shape index (κ3) is 4.70. The lowest BCUT2D eigenvalue weighted by atomic mass is 10.0. The van der Waals surface area contributed by atoms with Crippen LogP contribution in [0.25, 0.3) is 11.6 Å². The van der Waals surface area contributed by atoms with Crippen LogP contribution in [0.5, 0.6) is 5.75 Å². The van der Waals surface area contributed by atoms with Gasteiger partial charge in [0.1, 0.15) is 12.4 Å². The monoisotopic (exact) mass is 463 g/mol. The quantitative estimate of drug-likeness (QED) is 0.419. The average molecular weight is 464 g/mol. The van der Waals surface area contributed by atoms with Gasteiger partial charge in [-0.05, 0) is 53.6 Å². The molecule has 1 aliphatic heterocycles. The summed E-state index contributed by atoms with van der Waals surface area (Å²) in [6.45, 7) is 0.300. The lowest BCUT2D eigenvalue weighted by molar-refractivity contribution is -0.137. The van der Waals surface area contributed by atoms with Crippen LogP contribution < -0.4 is 10.1 Å². The predicted molar refractivity (Wildman–Crippen MR) is 115 cm³/mol. The Hall–Kier alpha value is -2.96. The summed E-state index contributed by atoms with van der Waals surface area (Å²) >= 11 is 12.2. The van der Waals surface area contributed by atoms with E-state index in [9.17, 15) is 18.0 Å². The highest BCUT2D eigenvalue weighted by Gasteiger charge is 2.33. The number of alkyl halides is 3. The molecule has 0 aliphatic carbocycles. The largest absolute Gasteiger partial charge is 0.487 e. The highest BCUT2D eigenvalue weighted by atomic mass is 35.5. The predicted octanol–water partition coefficient (Wildman–Crippen LogP) is 7.08.